The quantitative estimate of drug-likeness (QED) is 0.174. The summed E-state index contributed by atoms with van der Waals surface area (Å²) in [6, 6.07) is 49.2. The summed E-state index contributed by atoms with van der Waals surface area (Å²) in [5.74, 6) is 0. The minimum Gasteiger partial charge on any atom is -0.235 e. The van der Waals surface area contributed by atoms with Crippen LogP contribution in [-0.4, -0.2) is 9.97 Å². The highest BCUT2D eigenvalue weighted by atomic mass is 32.1. The molecule has 3 aromatic heterocycles. The average molecular weight is 780 g/mol. The van der Waals surface area contributed by atoms with Gasteiger partial charge in [-0.1, -0.05) is 145 Å². The molecule has 0 radical (unpaired) electrons. The highest BCUT2D eigenvalue weighted by Gasteiger charge is 2.16. The normalized spacial score (nSPS) is 13.5. The zero-order valence-corrected chi connectivity index (χ0v) is 32.3. The Kier molecular flexibility index (Phi) is 6.15. The van der Waals surface area contributed by atoms with E-state index in [2.05, 4.69) is 109 Å². The van der Waals surface area contributed by atoms with Crippen LogP contribution in [0.3, 0.4) is 0 Å². The fourth-order valence-electron chi connectivity index (χ4n) is 8.14. The molecule has 0 N–H and O–H groups in total. The number of thiophene rings is 2. The lowest BCUT2D eigenvalue weighted by Gasteiger charge is -2.09. The summed E-state index contributed by atoms with van der Waals surface area (Å²) in [5, 5.41) is 6.42. The minimum atomic E-state index is -0.384. The Morgan fingerprint density at radius 3 is 1.79 bits per heavy atom. The van der Waals surface area contributed by atoms with E-state index in [1.165, 1.54) is 32.7 Å². The molecule has 58 heavy (non-hydrogen) atoms. The molecule has 4 heteroatoms. The van der Waals surface area contributed by atoms with Crippen LogP contribution in [0.25, 0.3) is 118 Å². The second kappa shape index (κ2) is 13.3. The van der Waals surface area contributed by atoms with Crippen molar-refractivity contribution in [3.63, 3.8) is 0 Å². The number of nitrogens with zero attached hydrogens (tertiary/aromatic N) is 2. The molecular formula is C54H32N2S2. The third kappa shape index (κ3) is 5.53. The van der Waals surface area contributed by atoms with Crippen LogP contribution in [0.5, 0.6) is 0 Å². The lowest BCUT2D eigenvalue weighted by Crippen LogP contribution is -1.87. The van der Waals surface area contributed by atoms with Gasteiger partial charge in [-0.05, 0) is 108 Å². The van der Waals surface area contributed by atoms with E-state index >= 15 is 0 Å². The van der Waals surface area contributed by atoms with Gasteiger partial charge in [-0.15, -0.1) is 22.7 Å². The number of fused-ring (bicyclic) bond motifs is 8. The van der Waals surface area contributed by atoms with Gasteiger partial charge < -0.3 is 0 Å². The Hall–Kier alpha value is -6.98. The number of benzene rings is 9. The molecule has 0 spiro atoms. The zero-order chi connectivity index (χ0) is 44.2. The van der Waals surface area contributed by atoms with Crippen LogP contribution >= 0.6 is 22.7 Å². The van der Waals surface area contributed by atoms with E-state index in [1.807, 2.05) is 36.4 Å². The molecule has 12 rings (SSSR count). The van der Waals surface area contributed by atoms with Crippen molar-refractivity contribution < 1.29 is 9.60 Å². The van der Waals surface area contributed by atoms with Gasteiger partial charge in [0.15, 0.2) is 0 Å². The van der Waals surface area contributed by atoms with Gasteiger partial charge in [-0.2, -0.15) is 0 Å². The van der Waals surface area contributed by atoms with Crippen molar-refractivity contribution in [3.8, 4) is 55.8 Å². The van der Waals surface area contributed by atoms with Crippen LogP contribution < -0.4 is 0 Å². The summed E-state index contributed by atoms with van der Waals surface area (Å²) in [6.07, 6.45) is 1.64. The topological polar surface area (TPSA) is 25.8 Å². The van der Waals surface area contributed by atoms with Crippen LogP contribution in [0.1, 0.15) is 9.60 Å². The Morgan fingerprint density at radius 1 is 0.379 bits per heavy atom. The molecule has 0 amide bonds. The summed E-state index contributed by atoms with van der Waals surface area (Å²) in [7, 11) is 0. The van der Waals surface area contributed by atoms with Crippen molar-refractivity contribution in [1.29, 1.82) is 0 Å². The first-order valence-corrected chi connectivity index (χ1v) is 20.6. The first-order chi connectivity index (χ1) is 31.6. The number of hydrogen-bond acceptors (Lipinski definition) is 4. The average Bonchev–Trinajstić information content (AvgIpc) is 3.93. The number of hydrogen-bond donors (Lipinski definition) is 0. The van der Waals surface area contributed by atoms with Crippen LogP contribution in [0.4, 0.5) is 0 Å². The van der Waals surface area contributed by atoms with E-state index < -0.39 is 0 Å². The van der Waals surface area contributed by atoms with E-state index in [4.69, 9.17) is 19.6 Å². The van der Waals surface area contributed by atoms with Crippen molar-refractivity contribution >= 4 is 84.7 Å². The maximum atomic E-state index is 8.92. The SMILES string of the molecule is [2H]c1c([2H])c([2H])c2c(sc3c(-c4ccc(-c5cccc(-c6ncnc7c6sc6ccc(-c8ccc9cc(-c%10ccc%11ccccc%11c%10)ccc9c8)cc67)c5)cc4)c([2H])c([2H])c([2H])c32)c1[2H]. The number of rotatable bonds is 5. The highest BCUT2D eigenvalue weighted by molar-refractivity contribution is 7.26. The Labute approximate surface area is 352 Å². The van der Waals surface area contributed by atoms with Crippen LogP contribution in [0.15, 0.2) is 194 Å². The molecule has 12 aromatic rings. The molecule has 0 aliphatic heterocycles. The second-order valence-electron chi connectivity index (χ2n) is 14.5. The van der Waals surface area contributed by atoms with Gasteiger partial charge in [-0.25, -0.2) is 9.97 Å². The van der Waals surface area contributed by atoms with Gasteiger partial charge >= 0.3 is 0 Å². The maximum absolute atomic E-state index is 8.92. The first-order valence-electron chi connectivity index (χ1n) is 22.5. The molecule has 0 saturated carbocycles. The van der Waals surface area contributed by atoms with Gasteiger partial charge in [-0.3, -0.25) is 0 Å². The third-order valence-corrected chi connectivity index (χ3v) is 13.4. The standard InChI is InChI=1S/C54H32N2S2/c1-2-8-36-27-38(20-17-33(36)7-1)39-21-22-41-29-42(24-23-40(41)28-39)43-25-26-50-48(31-43)52-54(58-50)51(55-32-56-52)44-10-5-9-37(30-44)34-15-18-35(19-16-34)45-12-6-13-47-46-11-3-4-14-49(46)57-53(45)47/h1-32H/i3D,4D,6D,11D,12D,13D,14D. The summed E-state index contributed by atoms with van der Waals surface area (Å²) in [5.41, 5.74) is 10.4. The molecule has 3 heterocycles. The maximum Gasteiger partial charge on any atom is 0.116 e. The van der Waals surface area contributed by atoms with E-state index in [-0.39, 0.29) is 53.1 Å². The molecule has 0 bridgehead atoms. The fraction of sp³-hybridized carbons (Fsp3) is 0. The summed E-state index contributed by atoms with van der Waals surface area (Å²) in [4.78, 5) is 9.62. The molecule has 0 aliphatic carbocycles. The second-order valence-corrected chi connectivity index (χ2v) is 16.5. The van der Waals surface area contributed by atoms with Crippen LogP contribution in [0, 0.1) is 0 Å². The van der Waals surface area contributed by atoms with Gasteiger partial charge in [0, 0.05) is 35.8 Å². The van der Waals surface area contributed by atoms with E-state index in [9.17, 15) is 0 Å². The smallest absolute Gasteiger partial charge is 0.116 e. The lowest BCUT2D eigenvalue weighted by molar-refractivity contribution is 1.24. The predicted molar refractivity (Wildman–Crippen MR) is 250 cm³/mol. The molecule has 0 atom stereocenters. The monoisotopic (exact) mass is 779 g/mol. The van der Waals surface area contributed by atoms with E-state index in [0.717, 1.165) is 65.2 Å². The molecule has 0 saturated heterocycles. The first kappa shape index (κ1) is 26.8. The van der Waals surface area contributed by atoms with Crippen LogP contribution in [-0.2, 0) is 0 Å². The largest absolute Gasteiger partial charge is 0.235 e. The van der Waals surface area contributed by atoms with Gasteiger partial charge in [0.2, 0.25) is 0 Å². The van der Waals surface area contributed by atoms with E-state index in [1.54, 1.807) is 17.7 Å². The van der Waals surface area contributed by atoms with Crippen molar-refractivity contribution in [2.75, 3.05) is 0 Å². The molecule has 270 valence electrons. The molecule has 0 unspecified atom stereocenters. The molecule has 0 aliphatic rings. The highest BCUT2D eigenvalue weighted by Crippen LogP contribution is 2.42. The predicted octanol–water partition coefficient (Wildman–Crippen LogP) is 15.9. The Balaban J connectivity index is 0.871. The Morgan fingerprint density at radius 2 is 0.983 bits per heavy atom. The minimum absolute atomic E-state index is 0.119. The van der Waals surface area contributed by atoms with Crippen molar-refractivity contribution in [2.24, 2.45) is 0 Å². The van der Waals surface area contributed by atoms with Gasteiger partial charge in [0.25, 0.3) is 0 Å². The van der Waals surface area contributed by atoms with Crippen molar-refractivity contribution in [3.05, 3.63) is 194 Å². The van der Waals surface area contributed by atoms with Gasteiger partial charge in [0.05, 0.1) is 25.5 Å². The molecular weight excluding hydrogens is 741 g/mol. The summed E-state index contributed by atoms with van der Waals surface area (Å²) < 4.78 is 62.9. The van der Waals surface area contributed by atoms with Crippen molar-refractivity contribution in [1.82, 2.24) is 9.97 Å². The molecule has 2 nitrogen and oxygen atoms in total. The third-order valence-electron chi connectivity index (χ3n) is 11.1. The zero-order valence-electron chi connectivity index (χ0n) is 37.6. The molecule has 0 fully saturated rings. The lowest BCUT2D eigenvalue weighted by atomic mass is 9.96. The van der Waals surface area contributed by atoms with Gasteiger partial charge in [0.1, 0.15) is 6.33 Å². The molecule has 9 aromatic carbocycles. The Bertz CT molecular complexity index is 3990. The number of aromatic nitrogens is 2. The summed E-state index contributed by atoms with van der Waals surface area (Å²) in [6.45, 7) is 0. The van der Waals surface area contributed by atoms with E-state index in [0.29, 0.717) is 20.5 Å². The summed E-state index contributed by atoms with van der Waals surface area (Å²) >= 11 is 2.83. The van der Waals surface area contributed by atoms with Crippen molar-refractivity contribution in [2.45, 2.75) is 0 Å². The fourth-order valence-corrected chi connectivity index (χ4v) is 10.4. The van der Waals surface area contributed by atoms with Crippen LogP contribution in [0.2, 0.25) is 0 Å².